The van der Waals surface area contributed by atoms with Gasteiger partial charge in [0.2, 0.25) is 5.91 Å². The summed E-state index contributed by atoms with van der Waals surface area (Å²) in [6.07, 6.45) is 7.69. The summed E-state index contributed by atoms with van der Waals surface area (Å²) < 4.78 is 0. The van der Waals surface area contributed by atoms with Crippen molar-refractivity contribution in [3.05, 3.63) is 35.4 Å². The maximum absolute atomic E-state index is 12.2. The van der Waals surface area contributed by atoms with Crippen LogP contribution in [0, 0.1) is 0 Å². The number of carbonyl (C=O) groups excluding carboxylic acids is 3. The second-order valence-electron chi connectivity index (χ2n) is 6.91. The number of likely N-dealkylation sites (tertiary alicyclic amines) is 1. The minimum absolute atomic E-state index is 0.180. The zero-order valence-corrected chi connectivity index (χ0v) is 14.7. The Labute approximate surface area is 149 Å². The molecule has 1 aromatic carbocycles. The number of amides is 3. The largest absolute Gasteiger partial charge is 0.343 e. The highest BCUT2D eigenvalue weighted by Gasteiger charge is 2.34. The van der Waals surface area contributed by atoms with E-state index in [0.717, 1.165) is 51.6 Å². The van der Waals surface area contributed by atoms with E-state index in [1.807, 2.05) is 4.90 Å². The topological polar surface area (TPSA) is 57.7 Å². The summed E-state index contributed by atoms with van der Waals surface area (Å²) in [4.78, 5) is 39.9. The Morgan fingerprint density at radius 1 is 0.840 bits per heavy atom. The summed E-state index contributed by atoms with van der Waals surface area (Å²) in [6.45, 7) is 2.30. The van der Waals surface area contributed by atoms with Gasteiger partial charge in [-0.3, -0.25) is 19.3 Å². The van der Waals surface area contributed by atoms with E-state index in [-0.39, 0.29) is 17.7 Å². The van der Waals surface area contributed by atoms with Crippen molar-refractivity contribution in [1.82, 2.24) is 9.80 Å². The van der Waals surface area contributed by atoms with E-state index in [1.165, 1.54) is 11.3 Å². The summed E-state index contributed by atoms with van der Waals surface area (Å²) in [6, 6.07) is 6.99. The molecule has 0 N–H and O–H groups in total. The van der Waals surface area contributed by atoms with Crippen molar-refractivity contribution in [3.63, 3.8) is 0 Å². The standard InChI is InChI=1S/C20H26N2O3/c23-18(21-13-7-3-8-14-21)12-4-1-2-9-15-22-19(24)16-10-5-6-11-17(16)20(22)25/h5-6,10-11H,1-4,7-9,12-15H2. The van der Waals surface area contributed by atoms with Crippen molar-refractivity contribution in [2.24, 2.45) is 0 Å². The molecule has 0 spiro atoms. The van der Waals surface area contributed by atoms with Crippen molar-refractivity contribution in [1.29, 1.82) is 0 Å². The van der Waals surface area contributed by atoms with E-state index < -0.39 is 0 Å². The molecule has 1 saturated heterocycles. The van der Waals surface area contributed by atoms with Crippen LogP contribution in [0.25, 0.3) is 0 Å². The molecule has 0 atom stereocenters. The van der Waals surface area contributed by atoms with Crippen LogP contribution < -0.4 is 0 Å². The van der Waals surface area contributed by atoms with Gasteiger partial charge in [-0.25, -0.2) is 0 Å². The quantitative estimate of drug-likeness (QED) is 0.564. The number of nitrogens with zero attached hydrogens (tertiary/aromatic N) is 2. The van der Waals surface area contributed by atoms with Crippen LogP contribution in [-0.2, 0) is 4.79 Å². The molecule has 0 radical (unpaired) electrons. The minimum Gasteiger partial charge on any atom is -0.343 e. The van der Waals surface area contributed by atoms with Gasteiger partial charge in [0.1, 0.15) is 0 Å². The molecule has 2 aliphatic rings. The monoisotopic (exact) mass is 342 g/mol. The van der Waals surface area contributed by atoms with Crippen LogP contribution in [0.3, 0.4) is 0 Å². The fourth-order valence-electron chi connectivity index (χ4n) is 3.64. The molecule has 3 amide bonds. The van der Waals surface area contributed by atoms with Crippen LogP contribution in [0.5, 0.6) is 0 Å². The molecule has 0 aromatic heterocycles. The van der Waals surface area contributed by atoms with Crippen molar-refractivity contribution in [3.8, 4) is 0 Å². The molecular formula is C20H26N2O3. The van der Waals surface area contributed by atoms with Crippen molar-refractivity contribution in [2.75, 3.05) is 19.6 Å². The van der Waals surface area contributed by atoms with E-state index in [4.69, 9.17) is 0 Å². The molecule has 0 saturated carbocycles. The third-order valence-electron chi connectivity index (χ3n) is 5.11. The lowest BCUT2D eigenvalue weighted by Gasteiger charge is -2.26. The Morgan fingerprint density at radius 3 is 2.08 bits per heavy atom. The van der Waals surface area contributed by atoms with Crippen LogP contribution in [0.15, 0.2) is 24.3 Å². The van der Waals surface area contributed by atoms with Gasteiger partial charge < -0.3 is 4.90 Å². The fraction of sp³-hybridized carbons (Fsp3) is 0.550. The van der Waals surface area contributed by atoms with Crippen LogP contribution in [-0.4, -0.2) is 47.2 Å². The number of benzene rings is 1. The lowest BCUT2D eigenvalue weighted by molar-refractivity contribution is -0.132. The number of rotatable bonds is 7. The second kappa shape index (κ2) is 8.28. The number of carbonyl (C=O) groups is 3. The number of fused-ring (bicyclic) bond motifs is 1. The van der Waals surface area contributed by atoms with Crippen LogP contribution >= 0.6 is 0 Å². The molecular weight excluding hydrogens is 316 g/mol. The van der Waals surface area contributed by atoms with Gasteiger partial charge in [-0.2, -0.15) is 0 Å². The Hall–Kier alpha value is -2.17. The van der Waals surface area contributed by atoms with Crippen LogP contribution in [0.1, 0.15) is 72.1 Å². The normalized spacial score (nSPS) is 17.1. The minimum atomic E-state index is -0.180. The van der Waals surface area contributed by atoms with E-state index >= 15 is 0 Å². The van der Waals surface area contributed by atoms with E-state index in [9.17, 15) is 14.4 Å². The average Bonchev–Trinajstić information content (AvgIpc) is 2.90. The lowest BCUT2D eigenvalue weighted by atomic mass is 10.1. The second-order valence-corrected chi connectivity index (χ2v) is 6.91. The maximum atomic E-state index is 12.2. The lowest BCUT2D eigenvalue weighted by Crippen LogP contribution is -2.35. The van der Waals surface area contributed by atoms with Gasteiger partial charge in [0.15, 0.2) is 0 Å². The highest BCUT2D eigenvalue weighted by Crippen LogP contribution is 2.23. The van der Waals surface area contributed by atoms with Gasteiger partial charge in [-0.1, -0.05) is 25.0 Å². The molecule has 3 rings (SSSR count). The first-order chi connectivity index (χ1) is 12.2. The third kappa shape index (κ3) is 4.09. The van der Waals surface area contributed by atoms with Crippen LogP contribution in [0.2, 0.25) is 0 Å². The zero-order valence-electron chi connectivity index (χ0n) is 14.7. The highest BCUT2D eigenvalue weighted by molar-refractivity contribution is 6.21. The summed E-state index contributed by atoms with van der Waals surface area (Å²) in [7, 11) is 0. The van der Waals surface area contributed by atoms with Gasteiger partial charge in [-0.15, -0.1) is 0 Å². The smallest absolute Gasteiger partial charge is 0.261 e. The van der Waals surface area contributed by atoms with Gasteiger partial charge in [0.25, 0.3) is 11.8 Å². The molecule has 1 fully saturated rings. The molecule has 5 nitrogen and oxygen atoms in total. The van der Waals surface area contributed by atoms with Gasteiger partial charge >= 0.3 is 0 Å². The Balaban J connectivity index is 1.33. The van der Waals surface area contributed by atoms with E-state index in [1.54, 1.807) is 24.3 Å². The molecule has 134 valence electrons. The SMILES string of the molecule is O=C(CCCCCCN1C(=O)c2ccccc2C1=O)N1CCCCC1. The molecule has 0 aliphatic carbocycles. The first-order valence-electron chi connectivity index (χ1n) is 9.41. The van der Waals surface area contributed by atoms with Crippen molar-refractivity contribution in [2.45, 2.75) is 51.4 Å². The van der Waals surface area contributed by atoms with E-state index in [2.05, 4.69) is 0 Å². The molecule has 2 heterocycles. The summed E-state index contributed by atoms with van der Waals surface area (Å²) >= 11 is 0. The summed E-state index contributed by atoms with van der Waals surface area (Å²) in [5.41, 5.74) is 1.03. The average molecular weight is 342 g/mol. The summed E-state index contributed by atoms with van der Waals surface area (Å²) in [5.74, 6) is -0.0817. The maximum Gasteiger partial charge on any atom is 0.261 e. The number of piperidine rings is 1. The molecule has 2 aliphatic heterocycles. The molecule has 0 bridgehead atoms. The highest BCUT2D eigenvalue weighted by atomic mass is 16.2. The Bertz CT molecular complexity index is 615. The molecule has 25 heavy (non-hydrogen) atoms. The first kappa shape index (κ1) is 17.6. The molecule has 5 heteroatoms. The number of imide groups is 1. The Morgan fingerprint density at radius 2 is 1.44 bits per heavy atom. The van der Waals surface area contributed by atoms with Crippen LogP contribution in [0.4, 0.5) is 0 Å². The predicted octanol–water partition coefficient (Wildman–Crippen LogP) is 3.25. The van der Waals surface area contributed by atoms with Gasteiger partial charge in [0.05, 0.1) is 11.1 Å². The number of hydrogen-bond donors (Lipinski definition) is 0. The van der Waals surface area contributed by atoms with Crippen molar-refractivity contribution >= 4 is 17.7 Å². The number of hydrogen-bond acceptors (Lipinski definition) is 3. The molecule has 1 aromatic rings. The Kier molecular flexibility index (Phi) is 5.84. The first-order valence-corrected chi connectivity index (χ1v) is 9.41. The summed E-state index contributed by atoms with van der Waals surface area (Å²) in [5, 5.41) is 0. The fourth-order valence-corrected chi connectivity index (χ4v) is 3.64. The molecule has 0 unspecified atom stereocenters. The van der Waals surface area contributed by atoms with E-state index in [0.29, 0.717) is 24.1 Å². The van der Waals surface area contributed by atoms with Gasteiger partial charge in [-0.05, 0) is 44.2 Å². The van der Waals surface area contributed by atoms with Crippen molar-refractivity contribution < 1.29 is 14.4 Å². The number of unbranched alkanes of at least 4 members (excludes halogenated alkanes) is 3. The third-order valence-corrected chi connectivity index (χ3v) is 5.11. The predicted molar refractivity (Wildman–Crippen MR) is 95.3 cm³/mol. The van der Waals surface area contributed by atoms with Gasteiger partial charge in [0, 0.05) is 26.1 Å². The zero-order chi connectivity index (χ0) is 17.6.